The van der Waals surface area contributed by atoms with E-state index in [9.17, 15) is 0 Å². The van der Waals surface area contributed by atoms with Gasteiger partial charge < -0.3 is 15.2 Å². The van der Waals surface area contributed by atoms with E-state index in [2.05, 4.69) is 5.10 Å². The minimum absolute atomic E-state index is 0.350. The summed E-state index contributed by atoms with van der Waals surface area (Å²) in [6.45, 7) is 1.94. The quantitative estimate of drug-likeness (QED) is 0.911. The molecule has 102 valence electrons. The first-order chi connectivity index (χ1) is 9.08. The molecular formula is C14H19N3O2. The molecule has 0 aliphatic heterocycles. The minimum Gasteiger partial charge on any atom is -0.496 e. The van der Waals surface area contributed by atoms with Gasteiger partial charge in [0, 0.05) is 7.05 Å². The molecule has 2 aromatic rings. The summed E-state index contributed by atoms with van der Waals surface area (Å²) in [5, 5.41) is 4.32. The monoisotopic (exact) mass is 261 g/mol. The van der Waals surface area contributed by atoms with Crippen LogP contribution >= 0.6 is 0 Å². The first-order valence-electron chi connectivity index (χ1n) is 6.05. The molecule has 1 unspecified atom stereocenters. The zero-order chi connectivity index (χ0) is 14.0. The van der Waals surface area contributed by atoms with Crippen LogP contribution in [-0.4, -0.2) is 24.0 Å². The Morgan fingerprint density at radius 3 is 2.21 bits per heavy atom. The molecule has 1 aromatic carbocycles. The lowest BCUT2D eigenvalue weighted by Crippen LogP contribution is -2.17. The Morgan fingerprint density at radius 2 is 1.79 bits per heavy atom. The van der Waals surface area contributed by atoms with Crippen LogP contribution in [0.1, 0.15) is 23.0 Å². The smallest absolute Gasteiger partial charge is 0.127 e. The number of hydrogen-bond acceptors (Lipinski definition) is 4. The van der Waals surface area contributed by atoms with E-state index in [0.717, 1.165) is 17.0 Å². The van der Waals surface area contributed by atoms with Crippen molar-refractivity contribution >= 4 is 0 Å². The van der Waals surface area contributed by atoms with Gasteiger partial charge in [0.05, 0.1) is 37.2 Å². The number of benzene rings is 1. The highest BCUT2D eigenvalue weighted by atomic mass is 16.5. The van der Waals surface area contributed by atoms with Crippen LogP contribution in [-0.2, 0) is 7.05 Å². The lowest BCUT2D eigenvalue weighted by atomic mass is 10.0. The third-order valence-corrected chi connectivity index (χ3v) is 3.13. The van der Waals surface area contributed by atoms with Crippen LogP contribution in [0.3, 0.4) is 0 Å². The number of nitrogens with two attached hydrogens (primary N) is 1. The van der Waals surface area contributed by atoms with Gasteiger partial charge in [-0.1, -0.05) is 6.07 Å². The van der Waals surface area contributed by atoms with Gasteiger partial charge in [0.15, 0.2) is 0 Å². The van der Waals surface area contributed by atoms with Gasteiger partial charge in [-0.05, 0) is 25.1 Å². The average molecular weight is 261 g/mol. The fraction of sp³-hybridized carbons (Fsp3) is 0.357. The van der Waals surface area contributed by atoms with Crippen molar-refractivity contribution in [3.8, 4) is 11.5 Å². The Balaban J connectivity index is 2.54. The number of nitrogens with zero attached hydrogens (tertiary/aromatic N) is 2. The van der Waals surface area contributed by atoms with Crippen molar-refractivity contribution in [1.29, 1.82) is 0 Å². The zero-order valence-corrected chi connectivity index (χ0v) is 11.7. The topological polar surface area (TPSA) is 62.3 Å². The molecule has 0 radical (unpaired) electrons. The predicted molar refractivity (Wildman–Crippen MR) is 73.5 cm³/mol. The van der Waals surface area contributed by atoms with E-state index in [1.807, 2.05) is 38.2 Å². The third kappa shape index (κ3) is 2.42. The highest BCUT2D eigenvalue weighted by molar-refractivity contribution is 5.49. The minimum atomic E-state index is -0.350. The van der Waals surface area contributed by atoms with Crippen LogP contribution in [0.5, 0.6) is 11.5 Å². The maximum Gasteiger partial charge on any atom is 0.127 e. The van der Waals surface area contributed by atoms with Gasteiger partial charge >= 0.3 is 0 Å². The lowest BCUT2D eigenvalue weighted by molar-refractivity contribution is 0.381. The van der Waals surface area contributed by atoms with Gasteiger partial charge in [0.2, 0.25) is 0 Å². The summed E-state index contributed by atoms with van der Waals surface area (Å²) in [5.41, 5.74) is 9.04. The van der Waals surface area contributed by atoms with Crippen molar-refractivity contribution in [1.82, 2.24) is 9.78 Å². The lowest BCUT2D eigenvalue weighted by Gasteiger charge is -2.19. The van der Waals surface area contributed by atoms with Crippen LogP contribution in [0.25, 0.3) is 0 Å². The Morgan fingerprint density at radius 1 is 1.21 bits per heavy atom. The standard InChI is InChI=1S/C14H19N3O2/c1-9-8-10(17(2)16-9)14(15)13-11(18-3)6-5-7-12(13)19-4/h5-8,14H,15H2,1-4H3. The van der Waals surface area contributed by atoms with Crippen molar-refractivity contribution in [3.05, 3.63) is 41.2 Å². The van der Waals surface area contributed by atoms with E-state index >= 15 is 0 Å². The number of ether oxygens (including phenoxy) is 2. The van der Waals surface area contributed by atoms with Crippen LogP contribution in [0.2, 0.25) is 0 Å². The Kier molecular flexibility index (Phi) is 3.76. The van der Waals surface area contributed by atoms with Gasteiger partial charge in [0.1, 0.15) is 11.5 Å². The molecule has 0 aliphatic carbocycles. The van der Waals surface area contributed by atoms with E-state index < -0.39 is 0 Å². The molecule has 2 rings (SSSR count). The fourth-order valence-electron chi connectivity index (χ4n) is 2.26. The molecule has 2 N–H and O–H groups in total. The average Bonchev–Trinajstić information content (AvgIpc) is 2.75. The van der Waals surface area contributed by atoms with E-state index in [-0.39, 0.29) is 6.04 Å². The predicted octanol–water partition coefficient (Wildman–Crippen LogP) is 1.79. The summed E-state index contributed by atoms with van der Waals surface area (Å²) in [6.07, 6.45) is 0. The Hall–Kier alpha value is -2.01. The summed E-state index contributed by atoms with van der Waals surface area (Å²) in [7, 11) is 5.13. The highest BCUT2D eigenvalue weighted by Crippen LogP contribution is 2.35. The van der Waals surface area contributed by atoms with Crippen LogP contribution in [0.4, 0.5) is 0 Å². The molecule has 0 saturated heterocycles. The molecule has 1 aromatic heterocycles. The molecule has 0 spiro atoms. The molecule has 5 heteroatoms. The van der Waals surface area contributed by atoms with Crippen molar-refractivity contribution < 1.29 is 9.47 Å². The van der Waals surface area contributed by atoms with E-state index in [0.29, 0.717) is 11.5 Å². The Labute approximate surface area is 112 Å². The van der Waals surface area contributed by atoms with Crippen LogP contribution in [0, 0.1) is 6.92 Å². The van der Waals surface area contributed by atoms with Gasteiger partial charge in [-0.2, -0.15) is 5.10 Å². The molecule has 0 aliphatic rings. The van der Waals surface area contributed by atoms with Crippen LogP contribution in [0.15, 0.2) is 24.3 Å². The van der Waals surface area contributed by atoms with E-state index in [1.54, 1.807) is 18.9 Å². The number of methoxy groups -OCH3 is 2. The molecule has 1 atom stereocenters. The second kappa shape index (κ2) is 5.32. The second-order valence-electron chi connectivity index (χ2n) is 4.39. The van der Waals surface area contributed by atoms with Gasteiger partial charge in [0.25, 0.3) is 0 Å². The number of aromatic nitrogens is 2. The van der Waals surface area contributed by atoms with E-state index in [4.69, 9.17) is 15.2 Å². The van der Waals surface area contributed by atoms with Gasteiger partial charge in [-0.3, -0.25) is 4.68 Å². The maximum absolute atomic E-state index is 6.36. The number of aryl methyl sites for hydroxylation is 2. The van der Waals surface area contributed by atoms with Crippen LogP contribution < -0.4 is 15.2 Å². The second-order valence-corrected chi connectivity index (χ2v) is 4.39. The van der Waals surface area contributed by atoms with Crippen molar-refractivity contribution in [2.45, 2.75) is 13.0 Å². The number of rotatable bonds is 4. The van der Waals surface area contributed by atoms with E-state index in [1.165, 1.54) is 0 Å². The normalized spacial score (nSPS) is 12.3. The largest absolute Gasteiger partial charge is 0.496 e. The summed E-state index contributed by atoms with van der Waals surface area (Å²) in [4.78, 5) is 0. The third-order valence-electron chi connectivity index (χ3n) is 3.13. The molecule has 5 nitrogen and oxygen atoms in total. The molecule has 1 heterocycles. The van der Waals surface area contributed by atoms with Gasteiger partial charge in [-0.25, -0.2) is 0 Å². The first-order valence-corrected chi connectivity index (χ1v) is 6.05. The summed E-state index contributed by atoms with van der Waals surface area (Å²) in [6, 6.07) is 7.25. The molecular weight excluding hydrogens is 242 g/mol. The Bertz CT molecular complexity index is 556. The van der Waals surface area contributed by atoms with Crippen molar-refractivity contribution in [2.75, 3.05) is 14.2 Å². The first kappa shape index (κ1) is 13.4. The summed E-state index contributed by atoms with van der Waals surface area (Å²) >= 11 is 0. The molecule has 0 fully saturated rings. The number of hydrogen-bond donors (Lipinski definition) is 1. The highest BCUT2D eigenvalue weighted by Gasteiger charge is 2.21. The van der Waals surface area contributed by atoms with Gasteiger partial charge in [-0.15, -0.1) is 0 Å². The molecule has 0 saturated carbocycles. The molecule has 0 bridgehead atoms. The zero-order valence-electron chi connectivity index (χ0n) is 11.7. The van der Waals surface area contributed by atoms with Crippen molar-refractivity contribution in [3.63, 3.8) is 0 Å². The maximum atomic E-state index is 6.36. The SMILES string of the molecule is COc1cccc(OC)c1C(N)c1cc(C)nn1C. The molecule has 0 amide bonds. The molecule has 19 heavy (non-hydrogen) atoms. The fourth-order valence-corrected chi connectivity index (χ4v) is 2.26. The van der Waals surface area contributed by atoms with Crippen molar-refractivity contribution in [2.24, 2.45) is 12.8 Å². The summed E-state index contributed by atoms with van der Waals surface area (Å²) in [5.74, 6) is 1.43. The summed E-state index contributed by atoms with van der Waals surface area (Å²) < 4.78 is 12.6.